The molecule has 0 atom stereocenters. The average Bonchev–Trinajstić information content (AvgIpc) is 2.50. The zero-order chi connectivity index (χ0) is 17.0. The Labute approximate surface area is 139 Å². The van der Waals surface area contributed by atoms with E-state index in [1.165, 1.54) is 11.1 Å². The van der Waals surface area contributed by atoms with Crippen LogP contribution in [0.4, 0.5) is 11.4 Å². The Kier molecular flexibility index (Phi) is 5.67. The zero-order valence-electron chi connectivity index (χ0n) is 14.4. The van der Waals surface area contributed by atoms with Crippen molar-refractivity contribution in [1.82, 2.24) is 0 Å². The van der Waals surface area contributed by atoms with Crippen molar-refractivity contribution in [3.63, 3.8) is 0 Å². The van der Waals surface area contributed by atoms with Crippen LogP contribution < -0.4 is 5.32 Å². The number of phenols is 1. The first-order chi connectivity index (χ1) is 10.9. The second kappa shape index (κ2) is 7.51. The van der Waals surface area contributed by atoms with Crippen molar-refractivity contribution in [3.05, 3.63) is 53.1 Å². The summed E-state index contributed by atoms with van der Waals surface area (Å²) < 4.78 is 0. The highest BCUT2D eigenvalue weighted by molar-refractivity contribution is 5.72. The van der Waals surface area contributed by atoms with Gasteiger partial charge in [0.25, 0.3) is 0 Å². The van der Waals surface area contributed by atoms with Crippen LogP contribution in [0.3, 0.4) is 0 Å². The molecule has 0 saturated carbocycles. The fourth-order valence-corrected chi connectivity index (χ4v) is 2.80. The number of para-hydroxylation sites is 1. The Bertz CT molecular complexity index is 636. The third-order valence-electron chi connectivity index (χ3n) is 4.10. The summed E-state index contributed by atoms with van der Waals surface area (Å²) in [5.41, 5.74) is 5.20. The third kappa shape index (κ3) is 4.05. The van der Waals surface area contributed by atoms with Crippen LogP contribution in [-0.4, -0.2) is 16.8 Å². The molecule has 0 aliphatic heterocycles. The zero-order valence-corrected chi connectivity index (χ0v) is 14.4. The number of hydrogen-bond acceptors (Lipinski definition) is 3. The maximum absolute atomic E-state index is 10.3. The minimum Gasteiger partial charge on any atom is -0.506 e. The first-order valence-electron chi connectivity index (χ1n) is 8.26. The van der Waals surface area contributed by atoms with Gasteiger partial charge in [0.2, 0.25) is 0 Å². The molecule has 0 fully saturated rings. The standard InChI is InChI=1S/C20H27NO2/c1-13(2)16-6-5-7-17(14(3)4)20(16)21-18-9-8-15(10-11-22)12-19(18)23/h5-9,12-14,21-23H,10-11H2,1-4H3. The van der Waals surface area contributed by atoms with Crippen molar-refractivity contribution in [3.8, 4) is 5.75 Å². The van der Waals surface area contributed by atoms with Crippen LogP contribution in [0.15, 0.2) is 36.4 Å². The van der Waals surface area contributed by atoms with Crippen molar-refractivity contribution in [1.29, 1.82) is 0 Å². The van der Waals surface area contributed by atoms with Crippen molar-refractivity contribution in [2.45, 2.75) is 46.0 Å². The van der Waals surface area contributed by atoms with Gasteiger partial charge in [-0.25, -0.2) is 0 Å². The molecule has 2 rings (SSSR count). The summed E-state index contributed by atoms with van der Waals surface area (Å²) in [6.45, 7) is 8.78. The fraction of sp³-hybridized carbons (Fsp3) is 0.400. The number of aliphatic hydroxyl groups is 1. The molecule has 2 aromatic rings. The summed E-state index contributed by atoms with van der Waals surface area (Å²) in [6.07, 6.45) is 0.549. The number of nitrogens with one attached hydrogen (secondary N) is 1. The second-order valence-electron chi connectivity index (χ2n) is 6.57. The summed E-state index contributed by atoms with van der Waals surface area (Å²) in [5, 5.41) is 22.7. The van der Waals surface area contributed by atoms with Gasteiger partial charge < -0.3 is 15.5 Å². The predicted molar refractivity (Wildman–Crippen MR) is 96.8 cm³/mol. The van der Waals surface area contributed by atoms with Gasteiger partial charge in [-0.3, -0.25) is 0 Å². The van der Waals surface area contributed by atoms with Gasteiger partial charge in [-0.05, 0) is 47.1 Å². The molecule has 0 unspecified atom stereocenters. The summed E-state index contributed by atoms with van der Waals surface area (Å²) in [5.74, 6) is 1.00. The van der Waals surface area contributed by atoms with Gasteiger partial charge in [-0.15, -0.1) is 0 Å². The number of aliphatic hydroxyl groups excluding tert-OH is 1. The van der Waals surface area contributed by atoms with E-state index in [0.29, 0.717) is 23.9 Å². The molecule has 23 heavy (non-hydrogen) atoms. The molecule has 3 N–H and O–H groups in total. The topological polar surface area (TPSA) is 52.5 Å². The van der Waals surface area contributed by atoms with Gasteiger partial charge in [-0.2, -0.15) is 0 Å². The monoisotopic (exact) mass is 313 g/mol. The van der Waals surface area contributed by atoms with Crippen LogP contribution in [0.2, 0.25) is 0 Å². The van der Waals surface area contributed by atoms with E-state index in [0.717, 1.165) is 11.3 Å². The molecule has 0 aliphatic rings. The molecule has 0 bridgehead atoms. The van der Waals surface area contributed by atoms with E-state index >= 15 is 0 Å². The highest BCUT2D eigenvalue weighted by Crippen LogP contribution is 2.37. The number of rotatable bonds is 6. The fourth-order valence-electron chi connectivity index (χ4n) is 2.80. The van der Waals surface area contributed by atoms with Gasteiger partial charge in [0.1, 0.15) is 5.75 Å². The van der Waals surface area contributed by atoms with Gasteiger partial charge in [0.15, 0.2) is 0 Å². The Hall–Kier alpha value is -2.00. The normalized spacial score (nSPS) is 11.3. The van der Waals surface area contributed by atoms with Crippen molar-refractivity contribution in [2.75, 3.05) is 11.9 Å². The average molecular weight is 313 g/mol. The van der Waals surface area contributed by atoms with Gasteiger partial charge in [0.05, 0.1) is 5.69 Å². The van der Waals surface area contributed by atoms with E-state index in [9.17, 15) is 5.11 Å². The molecule has 0 radical (unpaired) electrons. The Morgan fingerprint density at radius 3 is 2.04 bits per heavy atom. The molecule has 0 amide bonds. The maximum atomic E-state index is 10.3. The van der Waals surface area contributed by atoms with Gasteiger partial charge in [-0.1, -0.05) is 52.0 Å². The number of phenolic OH excluding ortho intramolecular Hbond substituents is 1. The molecule has 3 nitrogen and oxygen atoms in total. The number of anilines is 2. The number of aromatic hydroxyl groups is 1. The second-order valence-corrected chi connectivity index (χ2v) is 6.57. The molecule has 124 valence electrons. The number of hydrogen-bond donors (Lipinski definition) is 3. The molecule has 0 aliphatic carbocycles. The highest BCUT2D eigenvalue weighted by atomic mass is 16.3. The van der Waals surface area contributed by atoms with Crippen LogP contribution >= 0.6 is 0 Å². The first kappa shape index (κ1) is 17.4. The first-order valence-corrected chi connectivity index (χ1v) is 8.26. The van der Waals surface area contributed by atoms with Crippen LogP contribution in [0.5, 0.6) is 5.75 Å². The summed E-state index contributed by atoms with van der Waals surface area (Å²) in [4.78, 5) is 0. The lowest BCUT2D eigenvalue weighted by Gasteiger charge is -2.21. The lowest BCUT2D eigenvalue weighted by Crippen LogP contribution is -2.04. The molecular formula is C20H27NO2. The van der Waals surface area contributed by atoms with Crippen LogP contribution in [0.1, 0.15) is 56.2 Å². The lowest BCUT2D eigenvalue weighted by atomic mass is 9.92. The highest BCUT2D eigenvalue weighted by Gasteiger charge is 2.15. The molecule has 0 spiro atoms. The SMILES string of the molecule is CC(C)c1cccc(C(C)C)c1Nc1ccc(CCO)cc1O. The van der Waals surface area contributed by atoms with Crippen molar-refractivity contribution in [2.24, 2.45) is 0 Å². The lowest BCUT2D eigenvalue weighted by molar-refractivity contribution is 0.299. The van der Waals surface area contributed by atoms with E-state index in [-0.39, 0.29) is 12.4 Å². The Balaban J connectivity index is 2.43. The third-order valence-corrected chi connectivity index (χ3v) is 4.10. The van der Waals surface area contributed by atoms with E-state index in [2.05, 4.69) is 51.2 Å². The largest absolute Gasteiger partial charge is 0.506 e. The molecule has 3 heteroatoms. The summed E-state index contributed by atoms with van der Waals surface area (Å²) in [6, 6.07) is 11.9. The van der Waals surface area contributed by atoms with Gasteiger partial charge in [0, 0.05) is 12.3 Å². The summed E-state index contributed by atoms with van der Waals surface area (Å²) in [7, 11) is 0. The molecule has 0 aromatic heterocycles. The quantitative estimate of drug-likeness (QED) is 0.664. The molecule has 0 saturated heterocycles. The summed E-state index contributed by atoms with van der Waals surface area (Å²) >= 11 is 0. The molecule has 2 aromatic carbocycles. The van der Waals surface area contributed by atoms with Gasteiger partial charge >= 0.3 is 0 Å². The van der Waals surface area contributed by atoms with Crippen LogP contribution in [0, 0.1) is 0 Å². The van der Waals surface area contributed by atoms with E-state index < -0.39 is 0 Å². The van der Waals surface area contributed by atoms with Crippen molar-refractivity contribution >= 4 is 11.4 Å². The molecule has 0 heterocycles. The minimum absolute atomic E-state index is 0.0832. The van der Waals surface area contributed by atoms with Crippen LogP contribution in [0.25, 0.3) is 0 Å². The number of benzene rings is 2. The predicted octanol–water partition coefficient (Wildman–Crippen LogP) is 4.92. The van der Waals surface area contributed by atoms with E-state index in [1.807, 2.05) is 12.1 Å². The Morgan fingerprint density at radius 1 is 0.957 bits per heavy atom. The van der Waals surface area contributed by atoms with Crippen LogP contribution in [-0.2, 0) is 6.42 Å². The van der Waals surface area contributed by atoms with E-state index in [1.54, 1.807) is 6.07 Å². The smallest absolute Gasteiger partial charge is 0.139 e. The van der Waals surface area contributed by atoms with Crippen molar-refractivity contribution < 1.29 is 10.2 Å². The Morgan fingerprint density at radius 2 is 1.57 bits per heavy atom. The minimum atomic E-state index is 0.0832. The molecular weight excluding hydrogens is 286 g/mol. The maximum Gasteiger partial charge on any atom is 0.139 e. The van der Waals surface area contributed by atoms with E-state index in [4.69, 9.17) is 5.11 Å².